The highest BCUT2D eigenvalue weighted by atomic mass is 79.9. The summed E-state index contributed by atoms with van der Waals surface area (Å²) >= 11 is 3.43. The van der Waals surface area contributed by atoms with Gasteiger partial charge in [-0.1, -0.05) is 46.3 Å². The number of halogens is 2. The van der Waals surface area contributed by atoms with E-state index in [4.69, 9.17) is 4.74 Å². The van der Waals surface area contributed by atoms with E-state index in [2.05, 4.69) is 40.3 Å². The van der Waals surface area contributed by atoms with Gasteiger partial charge in [0.25, 0.3) is 0 Å². The number of carbonyl (C=O) groups excluding carboxylic acids is 1. The van der Waals surface area contributed by atoms with Crippen LogP contribution in [-0.2, 0) is 11.3 Å². The van der Waals surface area contributed by atoms with Crippen molar-refractivity contribution >= 4 is 34.3 Å². The third-order valence-corrected chi connectivity index (χ3v) is 3.98. The van der Waals surface area contributed by atoms with Crippen LogP contribution in [0.4, 0.5) is 0 Å². The summed E-state index contributed by atoms with van der Waals surface area (Å²) in [5, 5.41) is 3.45. The second-order valence-corrected chi connectivity index (χ2v) is 5.95. The van der Waals surface area contributed by atoms with E-state index >= 15 is 0 Å². The summed E-state index contributed by atoms with van der Waals surface area (Å²) in [6, 6.07) is 15.8. The molecule has 0 aliphatic rings. The molecular weight excluding hydrogens is 378 g/mol. The summed E-state index contributed by atoms with van der Waals surface area (Å²) < 4.78 is 6.19. The molecule has 1 atom stereocenters. The van der Waals surface area contributed by atoms with Gasteiger partial charge < -0.3 is 10.1 Å². The second-order valence-electron chi connectivity index (χ2n) is 5.04. The maximum Gasteiger partial charge on any atom is 0.338 e. The van der Waals surface area contributed by atoms with Crippen molar-refractivity contribution in [2.24, 2.45) is 0 Å². The first-order chi connectivity index (χ1) is 10.6. The minimum Gasteiger partial charge on any atom is -0.462 e. The molecule has 5 heteroatoms. The van der Waals surface area contributed by atoms with Gasteiger partial charge in [-0.05, 0) is 43.2 Å². The number of hydrogen-bond acceptors (Lipinski definition) is 3. The third-order valence-electron chi connectivity index (χ3n) is 3.45. The van der Waals surface area contributed by atoms with Gasteiger partial charge in [0.05, 0.1) is 12.2 Å². The molecule has 2 aromatic carbocycles. The van der Waals surface area contributed by atoms with Crippen LogP contribution in [0.3, 0.4) is 0 Å². The van der Waals surface area contributed by atoms with Crippen molar-refractivity contribution in [3.8, 4) is 0 Å². The Hall–Kier alpha value is -1.36. The molecule has 0 fully saturated rings. The molecule has 2 aromatic rings. The van der Waals surface area contributed by atoms with Crippen LogP contribution in [0, 0.1) is 0 Å². The molecule has 0 aliphatic carbocycles. The van der Waals surface area contributed by atoms with Crippen LogP contribution in [-0.4, -0.2) is 12.6 Å². The Morgan fingerprint density at radius 1 is 1.17 bits per heavy atom. The predicted molar refractivity (Wildman–Crippen MR) is 99.0 cm³/mol. The van der Waals surface area contributed by atoms with Gasteiger partial charge in [-0.15, -0.1) is 12.4 Å². The molecule has 23 heavy (non-hydrogen) atoms. The highest BCUT2D eigenvalue weighted by Gasteiger charge is 2.16. The van der Waals surface area contributed by atoms with Crippen molar-refractivity contribution in [2.45, 2.75) is 26.4 Å². The molecule has 0 saturated heterocycles. The van der Waals surface area contributed by atoms with Crippen LogP contribution in [0.15, 0.2) is 53.0 Å². The molecular formula is C18H21BrClNO2. The molecule has 0 radical (unpaired) electrons. The zero-order chi connectivity index (χ0) is 15.9. The van der Waals surface area contributed by atoms with Crippen LogP contribution >= 0.6 is 28.3 Å². The van der Waals surface area contributed by atoms with E-state index in [9.17, 15) is 4.79 Å². The average molecular weight is 399 g/mol. The lowest BCUT2D eigenvalue weighted by atomic mass is 10.0. The minimum absolute atomic E-state index is 0. The molecule has 0 unspecified atom stereocenters. The maximum atomic E-state index is 12.0. The van der Waals surface area contributed by atoms with Gasteiger partial charge in [0.15, 0.2) is 0 Å². The molecule has 124 valence electrons. The Morgan fingerprint density at radius 2 is 1.83 bits per heavy atom. The normalized spacial score (nSPS) is 11.4. The van der Waals surface area contributed by atoms with Crippen molar-refractivity contribution in [1.82, 2.24) is 5.32 Å². The highest BCUT2D eigenvalue weighted by Crippen LogP contribution is 2.19. The monoisotopic (exact) mass is 397 g/mol. The lowest BCUT2D eigenvalue weighted by Crippen LogP contribution is -2.21. The Morgan fingerprint density at radius 3 is 2.48 bits per heavy atom. The van der Waals surface area contributed by atoms with E-state index in [1.807, 2.05) is 43.3 Å². The topological polar surface area (TPSA) is 38.3 Å². The molecule has 0 heterocycles. The van der Waals surface area contributed by atoms with Crippen LogP contribution in [0.2, 0.25) is 0 Å². The van der Waals surface area contributed by atoms with Gasteiger partial charge in [0, 0.05) is 17.1 Å². The molecule has 2 rings (SSSR count). The molecule has 1 N–H and O–H groups in total. The fourth-order valence-corrected chi connectivity index (χ4v) is 2.52. The standard InChI is InChI=1S/C18H20BrNO2.ClH/c1-3-22-18(21)17-7-5-4-6-16(17)13(2)20-12-14-8-10-15(19)11-9-14;/h4-11,13,20H,3,12H2,1-2H3;1H/t13-;/m0./s1. The fraction of sp³-hybridized carbons (Fsp3) is 0.278. The van der Waals surface area contributed by atoms with Gasteiger partial charge in [-0.25, -0.2) is 4.79 Å². The van der Waals surface area contributed by atoms with Crippen LogP contribution in [0.1, 0.15) is 41.4 Å². The van der Waals surface area contributed by atoms with E-state index in [0.717, 1.165) is 16.6 Å². The molecule has 0 spiro atoms. The van der Waals surface area contributed by atoms with Crippen molar-refractivity contribution in [1.29, 1.82) is 0 Å². The Labute approximate surface area is 152 Å². The number of hydrogen-bond donors (Lipinski definition) is 1. The Bertz CT molecular complexity index is 631. The van der Waals surface area contributed by atoms with Gasteiger partial charge in [0.1, 0.15) is 0 Å². The number of esters is 1. The van der Waals surface area contributed by atoms with E-state index in [0.29, 0.717) is 12.2 Å². The first-order valence-electron chi connectivity index (χ1n) is 7.35. The highest BCUT2D eigenvalue weighted by molar-refractivity contribution is 9.10. The van der Waals surface area contributed by atoms with E-state index in [-0.39, 0.29) is 24.4 Å². The summed E-state index contributed by atoms with van der Waals surface area (Å²) in [5.74, 6) is -0.268. The van der Waals surface area contributed by atoms with Crippen LogP contribution < -0.4 is 5.32 Å². The number of nitrogens with one attached hydrogen (secondary N) is 1. The van der Waals surface area contributed by atoms with Gasteiger partial charge in [0.2, 0.25) is 0 Å². The van der Waals surface area contributed by atoms with Crippen LogP contribution in [0.25, 0.3) is 0 Å². The molecule has 0 amide bonds. The lowest BCUT2D eigenvalue weighted by molar-refractivity contribution is 0.0524. The van der Waals surface area contributed by atoms with Crippen LogP contribution in [0.5, 0.6) is 0 Å². The Balaban J connectivity index is 0.00000264. The zero-order valence-corrected chi connectivity index (χ0v) is 15.6. The molecule has 0 saturated carbocycles. The van der Waals surface area contributed by atoms with E-state index in [1.165, 1.54) is 5.56 Å². The van der Waals surface area contributed by atoms with Gasteiger partial charge in [-0.2, -0.15) is 0 Å². The number of benzene rings is 2. The quantitative estimate of drug-likeness (QED) is 0.703. The van der Waals surface area contributed by atoms with Crippen molar-refractivity contribution in [2.75, 3.05) is 6.61 Å². The summed E-state index contributed by atoms with van der Waals surface area (Å²) in [7, 11) is 0. The SMILES string of the molecule is CCOC(=O)c1ccccc1[C@H](C)NCc1ccc(Br)cc1.Cl. The first-order valence-corrected chi connectivity index (χ1v) is 8.15. The molecule has 0 aliphatic heterocycles. The zero-order valence-electron chi connectivity index (χ0n) is 13.2. The summed E-state index contributed by atoms with van der Waals surface area (Å²) in [4.78, 5) is 12.0. The molecule has 0 aromatic heterocycles. The average Bonchev–Trinajstić information content (AvgIpc) is 2.54. The first kappa shape index (κ1) is 19.7. The summed E-state index contributed by atoms with van der Waals surface area (Å²) in [5.41, 5.74) is 2.78. The van der Waals surface area contributed by atoms with Crippen molar-refractivity contribution in [3.05, 3.63) is 69.7 Å². The number of ether oxygens (including phenoxy) is 1. The maximum absolute atomic E-state index is 12.0. The predicted octanol–water partition coefficient (Wildman–Crippen LogP) is 4.90. The van der Waals surface area contributed by atoms with Gasteiger partial charge >= 0.3 is 5.97 Å². The smallest absolute Gasteiger partial charge is 0.338 e. The Kier molecular flexibility index (Phi) is 8.31. The van der Waals surface area contributed by atoms with Crippen molar-refractivity contribution < 1.29 is 9.53 Å². The minimum atomic E-state index is -0.268. The second kappa shape index (κ2) is 9.71. The summed E-state index contributed by atoms with van der Waals surface area (Å²) in [6.45, 7) is 4.99. The van der Waals surface area contributed by atoms with E-state index in [1.54, 1.807) is 0 Å². The molecule has 3 nitrogen and oxygen atoms in total. The third kappa shape index (κ3) is 5.65. The fourth-order valence-electron chi connectivity index (χ4n) is 2.25. The number of carbonyl (C=O) groups is 1. The molecule has 0 bridgehead atoms. The van der Waals surface area contributed by atoms with Gasteiger partial charge in [-0.3, -0.25) is 0 Å². The van der Waals surface area contributed by atoms with Crippen molar-refractivity contribution in [3.63, 3.8) is 0 Å². The summed E-state index contributed by atoms with van der Waals surface area (Å²) in [6.07, 6.45) is 0. The van der Waals surface area contributed by atoms with E-state index < -0.39 is 0 Å². The largest absolute Gasteiger partial charge is 0.462 e. The lowest BCUT2D eigenvalue weighted by Gasteiger charge is -2.17. The number of rotatable bonds is 6.